The maximum atomic E-state index is 12.1. The van der Waals surface area contributed by atoms with Gasteiger partial charge in [-0.25, -0.2) is 4.99 Å². The molecule has 0 bridgehead atoms. The number of nitrogens with zero attached hydrogens (tertiary/aromatic N) is 1. The van der Waals surface area contributed by atoms with Crippen LogP contribution in [0.1, 0.15) is 42.6 Å². The van der Waals surface area contributed by atoms with Crippen molar-refractivity contribution in [1.29, 1.82) is 0 Å². The lowest BCUT2D eigenvalue weighted by atomic mass is 10.1. The van der Waals surface area contributed by atoms with Gasteiger partial charge < -0.3 is 4.74 Å². The van der Waals surface area contributed by atoms with E-state index in [9.17, 15) is 4.79 Å². The zero-order valence-corrected chi connectivity index (χ0v) is 11.6. The Balaban J connectivity index is 2.06. The van der Waals surface area contributed by atoms with Crippen LogP contribution in [0.3, 0.4) is 0 Å². The Bertz CT molecular complexity index is 491. The number of benzene rings is 1. The van der Waals surface area contributed by atoms with Crippen molar-refractivity contribution in [3.63, 3.8) is 0 Å². The summed E-state index contributed by atoms with van der Waals surface area (Å²) in [4.78, 5) is 16.5. The summed E-state index contributed by atoms with van der Waals surface area (Å²) in [6.45, 7) is 5.79. The van der Waals surface area contributed by atoms with E-state index >= 15 is 0 Å². The molecule has 0 atom stereocenters. The first kappa shape index (κ1) is 13.6. The van der Waals surface area contributed by atoms with Crippen molar-refractivity contribution >= 4 is 11.9 Å². The third kappa shape index (κ3) is 4.39. The van der Waals surface area contributed by atoms with Gasteiger partial charge in [0.05, 0.1) is 12.1 Å². The van der Waals surface area contributed by atoms with Gasteiger partial charge in [-0.15, -0.1) is 0 Å². The van der Waals surface area contributed by atoms with E-state index in [1.165, 1.54) is 0 Å². The molecule has 1 aliphatic carbocycles. The van der Waals surface area contributed by atoms with Crippen LogP contribution in [0.25, 0.3) is 0 Å². The fourth-order valence-electron chi connectivity index (χ4n) is 1.64. The van der Waals surface area contributed by atoms with Gasteiger partial charge in [-0.1, -0.05) is 17.7 Å². The van der Waals surface area contributed by atoms with Crippen LogP contribution in [0.15, 0.2) is 29.3 Å². The quantitative estimate of drug-likeness (QED) is 0.671. The average molecular weight is 260 g/mol. The largest absolute Gasteiger partial charge is 0.462 e. The highest BCUT2D eigenvalue weighted by Gasteiger charge is 2.23. The predicted octanol–water partition coefficient (Wildman–Crippen LogP) is 2.67. The molecule has 1 aliphatic rings. The number of hydrogen-bond donors (Lipinski definition) is 1. The van der Waals surface area contributed by atoms with Crippen molar-refractivity contribution in [1.82, 2.24) is 5.32 Å². The summed E-state index contributed by atoms with van der Waals surface area (Å²) in [5.74, 6) is -0.177. The Labute approximate surface area is 113 Å². The first-order valence-corrected chi connectivity index (χ1v) is 6.67. The monoisotopic (exact) mass is 260 g/mol. The number of aryl methyl sites for hydroxylation is 1. The van der Waals surface area contributed by atoms with Crippen molar-refractivity contribution in [3.05, 3.63) is 35.4 Å². The molecule has 1 saturated carbocycles. The van der Waals surface area contributed by atoms with Gasteiger partial charge in [-0.05, 0) is 45.7 Å². The highest BCUT2D eigenvalue weighted by atomic mass is 16.5. The van der Waals surface area contributed by atoms with Gasteiger partial charge in [-0.2, -0.15) is 0 Å². The molecular formula is C15H20N2O2. The second-order valence-corrected chi connectivity index (χ2v) is 5.16. The number of carbonyl (C=O) groups is 1. The molecule has 1 fully saturated rings. The molecule has 1 aromatic carbocycles. The molecule has 4 heteroatoms. The normalized spacial score (nSPS) is 15.5. The van der Waals surface area contributed by atoms with Crippen LogP contribution < -0.4 is 5.32 Å². The summed E-state index contributed by atoms with van der Waals surface area (Å²) in [6, 6.07) is 8.10. The topological polar surface area (TPSA) is 50.7 Å². The maximum absolute atomic E-state index is 12.1. The fourth-order valence-corrected chi connectivity index (χ4v) is 1.64. The first-order chi connectivity index (χ1) is 9.04. The number of hydrogen-bond acceptors (Lipinski definition) is 3. The van der Waals surface area contributed by atoms with E-state index in [2.05, 4.69) is 10.3 Å². The molecule has 0 radical (unpaired) electrons. The third-order valence-corrected chi connectivity index (χ3v) is 2.69. The summed E-state index contributed by atoms with van der Waals surface area (Å²) in [7, 11) is 0. The molecular weight excluding hydrogens is 240 g/mol. The first-order valence-electron chi connectivity index (χ1n) is 6.67. The van der Waals surface area contributed by atoms with Crippen LogP contribution in [-0.4, -0.2) is 24.1 Å². The highest BCUT2D eigenvalue weighted by Crippen LogP contribution is 2.23. The van der Waals surface area contributed by atoms with Crippen molar-refractivity contribution in [3.8, 4) is 0 Å². The van der Waals surface area contributed by atoms with E-state index < -0.39 is 0 Å². The summed E-state index contributed by atoms with van der Waals surface area (Å²) in [5.41, 5.74) is 1.67. The SMILES string of the molecule is Cc1cccc(C(=O)NC(=NC2CC2)OC(C)C)c1. The predicted molar refractivity (Wildman–Crippen MR) is 75.3 cm³/mol. The molecule has 102 valence electrons. The molecule has 1 N–H and O–H groups in total. The molecule has 0 saturated heterocycles. The highest BCUT2D eigenvalue weighted by molar-refractivity contribution is 6.04. The standard InChI is InChI=1S/C15H20N2O2/c1-10(2)19-15(16-13-7-8-13)17-14(18)12-6-4-5-11(3)9-12/h4-6,9-10,13H,7-8H2,1-3H3,(H,16,17,18). The van der Waals surface area contributed by atoms with E-state index in [0.29, 0.717) is 17.6 Å². The van der Waals surface area contributed by atoms with Crippen LogP contribution in [-0.2, 0) is 4.74 Å². The second kappa shape index (κ2) is 5.87. The minimum absolute atomic E-state index is 0.00434. The molecule has 0 spiro atoms. The maximum Gasteiger partial charge on any atom is 0.292 e. The molecule has 2 rings (SSSR count). The van der Waals surface area contributed by atoms with E-state index in [1.54, 1.807) is 6.07 Å². The zero-order valence-electron chi connectivity index (χ0n) is 11.6. The van der Waals surface area contributed by atoms with E-state index in [1.807, 2.05) is 39.0 Å². The third-order valence-electron chi connectivity index (χ3n) is 2.69. The van der Waals surface area contributed by atoms with E-state index in [-0.39, 0.29) is 12.0 Å². The Kier molecular flexibility index (Phi) is 4.20. The minimum atomic E-state index is -0.177. The number of nitrogens with one attached hydrogen (secondary N) is 1. The number of rotatable bonds is 3. The Hall–Kier alpha value is -1.84. The van der Waals surface area contributed by atoms with Gasteiger partial charge in [-0.3, -0.25) is 10.1 Å². The van der Waals surface area contributed by atoms with Crippen molar-refractivity contribution in [2.75, 3.05) is 0 Å². The molecule has 0 aromatic heterocycles. The van der Waals surface area contributed by atoms with E-state index in [0.717, 1.165) is 18.4 Å². The van der Waals surface area contributed by atoms with Crippen molar-refractivity contribution < 1.29 is 9.53 Å². The molecule has 4 nitrogen and oxygen atoms in total. The van der Waals surface area contributed by atoms with Gasteiger partial charge in [0, 0.05) is 5.56 Å². The van der Waals surface area contributed by atoms with Crippen LogP contribution >= 0.6 is 0 Å². The van der Waals surface area contributed by atoms with Crippen LogP contribution in [0.2, 0.25) is 0 Å². The number of amides is 1. The molecule has 0 unspecified atom stereocenters. The van der Waals surface area contributed by atoms with Gasteiger partial charge >= 0.3 is 0 Å². The second-order valence-electron chi connectivity index (χ2n) is 5.16. The molecule has 19 heavy (non-hydrogen) atoms. The summed E-state index contributed by atoms with van der Waals surface area (Å²) in [5, 5.41) is 2.75. The van der Waals surface area contributed by atoms with Crippen LogP contribution in [0.5, 0.6) is 0 Å². The molecule has 0 aliphatic heterocycles. The van der Waals surface area contributed by atoms with Gasteiger partial charge in [0.2, 0.25) is 0 Å². The fraction of sp³-hybridized carbons (Fsp3) is 0.467. The smallest absolute Gasteiger partial charge is 0.292 e. The number of carbonyl (C=O) groups excluding carboxylic acids is 1. The summed E-state index contributed by atoms with van der Waals surface area (Å²) in [6.07, 6.45) is 2.15. The number of aliphatic imine (C=N–C) groups is 1. The van der Waals surface area contributed by atoms with Crippen LogP contribution in [0.4, 0.5) is 0 Å². The van der Waals surface area contributed by atoms with Crippen molar-refractivity contribution in [2.24, 2.45) is 4.99 Å². The van der Waals surface area contributed by atoms with Crippen LogP contribution in [0, 0.1) is 6.92 Å². The van der Waals surface area contributed by atoms with E-state index in [4.69, 9.17) is 4.74 Å². The lowest BCUT2D eigenvalue weighted by Gasteiger charge is -2.13. The van der Waals surface area contributed by atoms with Gasteiger partial charge in [0.25, 0.3) is 11.9 Å². The Morgan fingerprint density at radius 2 is 2.16 bits per heavy atom. The van der Waals surface area contributed by atoms with Gasteiger partial charge in [0.15, 0.2) is 0 Å². The Morgan fingerprint density at radius 3 is 2.74 bits per heavy atom. The Morgan fingerprint density at radius 1 is 1.42 bits per heavy atom. The summed E-state index contributed by atoms with van der Waals surface area (Å²) >= 11 is 0. The lowest BCUT2D eigenvalue weighted by Crippen LogP contribution is -2.34. The lowest BCUT2D eigenvalue weighted by molar-refractivity contribution is 0.0959. The number of ether oxygens (including phenoxy) is 1. The minimum Gasteiger partial charge on any atom is -0.462 e. The number of amidine groups is 1. The van der Waals surface area contributed by atoms with Crippen molar-refractivity contribution in [2.45, 2.75) is 45.8 Å². The van der Waals surface area contributed by atoms with Gasteiger partial charge in [0.1, 0.15) is 0 Å². The molecule has 1 aromatic rings. The average Bonchev–Trinajstić information content (AvgIpc) is 3.12. The molecule has 1 amide bonds. The molecule has 0 heterocycles. The summed E-state index contributed by atoms with van der Waals surface area (Å²) < 4.78 is 5.54. The zero-order chi connectivity index (χ0) is 13.8.